The Morgan fingerprint density at radius 2 is 1.69 bits per heavy atom. The van der Waals surface area contributed by atoms with Gasteiger partial charge in [0, 0.05) is 0 Å². The van der Waals surface area contributed by atoms with Gasteiger partial charge >= 0.3 is 13.2 Å². The molecule has 0 radical (unpaired) electrons. The van der Waals surface area contributed by atoms with Gasteiger partial charge < -0.3 is 12.9 Å². The maximum atomic E-state index is 12.4. The molecule has 0 aromatic heterocycles. The van der Waals surface area contributed by atoms with Crippen molar-refractivity contribution < 1.29 is 26.1 Å². The van der Waals surface area contributed by atoms with Crippen molar-refractivity contribution in [3.63, 3.8) is 0 Å². The summed E-state index contributed by atoms with van der Waals surface area (Å²) in [6, 6.07) is 2.68. The quantitative estimate of drug-likeness (QED) is 0.543. The fourth-order valence-electron chi connectivity index (χ4n) is 1.37. The SMILES string of the molecule is Cc1ccc(C[B-](F)(F)F)cc1C(F)(F)F. The fraction of sp³-hybridized carbons (Fsp3) is 0.333. The van der Waals surface area contributed by atoms with Crippen LogP contribution in [0.5, 0.6) is 0 Å². The van der Waals surface area contributed by atoms with E-state index in [9.17, 15) is 26.1 Å². The summed E-state index contributed by atoms with van der Waals surface area (Å²) in [5.74, 6) is 0. The third kappa shape index (κ3) is 3.46. The van der Waals surface area contributed by atoms with E-state index in [0.29, 0.717) is 6.07 Å². The monoisotopic (exact) mass is 241 g/mol. The minimum Gasteiger partial charge on any atom is -0.449 e. The second-order valence-corrected chi connectivity index (χ2v) is 3.56. The molecule has 0 bridgehead atoms. The third-order valence-electron chi connectivity index (χ3n) is 2.07. The zero-order valence-corrected chi connectivity index (χ0v) is 8.28. The van der Waals surface area contributed by atoms with Gasteiger partial charge in [-0.05, 0) is 18.6 Å². The molecular weight excluding hydrogens is 233 g/mol. The number of aryl methyl sites for hydroxylation is 1. The van der Waals surface area contributed by atoms with E-state index in [-0.39, 0.29) is 11.1 Å². The lowest BCUT2D eigenvalue weighted by molar-refractivity contribution is -0.138. The summed E-state index contributed by atoms with van der Waals surface area (Å²) >= 11 is 0. The summed E-state index contributed by atoms with van der Waals surface area (Å²) in [6.45, 7) is -3.90. The molecule has 0 nitrogen and oxygen atoms in total. The first kappa shape index (κ1) is 12.9. The first-order valence-electron chi connectivity index (χ1n) is 4.47. The smallest absolute Gasteiger partial charge is 0.449 e. The van der Waals surface area contributed by atoms with E-state index < -0.39 is 25.0 Å². The molecule has 0 spiro atoms. The zero-order chi connectivity index (χ0) is 12.6. The molecule has 1 aromatic carbocycles. The maximum Gasteiger partial charge on any atom is 0.482 e. The van der Waals surface area contributed by atoms with Crippen molar-refractivity contribution in [1.29, 1.82) is 0 Å². The molecule has 0 aliphatic rings. The van der Waals surface area contributed by atoms with Crippen molar-refractivity contribution in [2.24, 2.45) is 0 Å². The largest absolute Gasteiger partial charge is 0.482 e. The molecule has 0 N–H and O–H groups in total. The van der Waals surface area contributed by atoms with Crippen LogP contribution >= 0.6 is 0 Å². The molecule has 0 saturated heterocycles. The average Bonchev–Trinajstić information content (AvgIpc) is 2.04. The Hall–Kier alpha value is -1.14. The van der Waals surface area contributed by atoms with Crippen LogP contribution in [0.2, 0.25) is 0 Å². The van der Waals surface area contributed by atoms with Gasteiger partial charge in [-0.1, -0.05) is 24.0 Å². The van der Waals surface area contributed by atoms with Gasteiger partial charge in [0.25, 0.3) is 0 Å². The molecule has 0 heterocycles. The van der Waals surface area contributed by atoms with Crippen molar-refractivity contribution in [2.75, 3.05) is 0 Å². The predicted molar refractivity (Wildman–Crippen MR) is 49.0 cm³/mol. The Kier molecular flexibility index (Phi) is 3.26. The topological polar surface area (TPSA) is 0 Å². The van der Waals surface area contributed by atoms with E-state index in [2.05, 4.69) is 0 Å². The highest BCUT2D eigenvalue weighted by atomic mass is 19.4. The molecule has 0 saturated carbocycles. The first-order valence-corrected chi connectivity index (χ1v) is 4.47. The Labute approximate surface area is 88.3 Å². The van der Waals surface area contributed by atoms with Gasteiger partial charge in [-0.25, -0.2) is 0 Å². The molecule has 0 atom stereocenters. The molecule has 1 rings (SSSR count). The van der Waals surface area contributed by atoms with Crippen LogP contribution < -0.4 is 0 Å². The lowest BCUT2D eigenvalue weighted by atomic mass is 9.81. The highest BCUT2D eigenvalue weighted by molar-refractivity contribution is 6.57. The van der Waals surface area contributed by atoms with Crippen LogP contribution in [0.1, 0.15) is 16.7 Å². The van der Waals surface area contributed by atoms with Gasteiger partial charge in [0.15, 0.2) is 0 Å². The van der Waals surface area contributed by atoms with Crippen molar-refractivity contribution in [3.8, 4) is 0 Å². The van der Waals surface area contributed by atoms with Gasteiger partial charge in [-0.15, -0.1) is 0 Å². The van der Waals surface area contributed by atoms with Crippen molar-refractivity contribution >= 4 is 6.98 Å². The number of benzene rings is 1. The molecule has 0 aliphatic heterocycles. The lowest BCUT2D eigenvalue weighted by Gasteiger charge is -2.16. The van der Waals surface area contributed by atoms with Crippen LogP contribution in [0.3, 0.4) is 0 Å². The van der Waals surface area contributed by atoms with E-state index in [1.54, 1.807) is 0 Å². The molecule has 0 aliphatic carbocycles. The van der Waals surface area contributed by atoms with E-state index in [4.69, 9.17) is 0 Å². The standard InChI is InChI=1S/C9H8BF6/c1-6-2-3-7(5-10(14,15)16)4-8(6)9(11,12)13/h2-4H,5H2,1H3/q-1. The highest BCUT2D eigenvalue weighted by Crippen LogP contribution is 2.33. The Morgan fingerprint density at radius 3 is 2.12 bits per heavy atom. The van der Waals surface area contributed by atoms with Gasteiger partial charge in [0.1, 0.15) is 0 Å². The van der Waals surface area contributed by atoms with Crippen LogP contribution in [-0.4, -0.2) is 6.98 Å². The molecule has 90 valence electrons. The van der Waals surface area contributed by atoms with Crippen molar-refractivity contribution in [1.82, 2.24) is 0 Å². The summed E-state index contributed by atoms with van der Waals surface area (Å²) in [5.41, 5.74) is -1.44. The van der Waals surface area contributed by atoms with E-state index in [1.807, 2.05) is 0 Å². The van der Waals surface area contributed by atoms with Crippen LogP contribution in [-0.2, 0) is 12.5 Å². The van der Waals surface area contributed by atoms with Crippen molar-refractivity contribution in [3.05, 3.63) is 34.9 Å². The van der Waals surface area contributed by atoms with Crippen LogP contribution in [0.4, 0.5) is 26.1 Å². The van der Waals surface area contributed by atoms with E-state index in [1.165, 1.54) is 6.92 Å². The number of alkyl halides is 3. The zero-order valence-electron chi connectivity index (χ0n) is 8.28. The fourth-order valence-corrected chi connectivity index (χ4v) is 1.37. The van der Waals surface area contributed by atoms with Crippen LogP contribution in [0, 0.1) is 6.92 Å². The summed E-state index contributed by atoms with van der Waals surface area (Å²) in [4.78, 5) is 0. The molecule has 1 aromatic rings. The van der Waals surface area contributed by atoms with Gasteiger partial charge in [-0.3, -0.25) is 0 Å². The Morgan fingerprint density at radius 1 is 1.12 bits per heavy atom. The number of halogens is 6. The van der Waals surface area contributed by atoms with Gasteiger partial charge in [-0.2, -0.15) is 13.2 Å². The predicted octanol–water partition coefficient (Wildman–Crippen LogP) is 3.94. The normalized spacial score (nSPS) is 12.9. The van der Waals surface area contributed by atoms with Gasteiger partial charge in [0.2, 0.25) is 0 Å². The number of rotatable bonds is 2. The van der Waals surface area contributed by atoms with Crippen LogP contribution in [0.25, 0.3) is 0 Å². The summed E-state index contributed by atoms with van der Waals surface area (Å²) in [6.07, 6.45) is -5.90. The van der Waals surface area contributed by atoms with E-state index in [0.717, 1.165) is 12.1 Å². The number of hydrogen-bond donors (Lipinski definition) is 0. The molecule has 0 amide bonds. The minimum absolute atomic E-state index is 0.0778. The second kappa shape index (κ2) is 4.03. The molecule has 0 unspecified atom stereocenters. The average molecular weight is 241 g/mol. The molecule has 7 heteroatoms. The van der Waals surface area contributed by atoms with Crippen molar-refractivity contribution in [2.45, 2.75) is 19.4 Å². The van der Waals surface area contributed by atoms with Crippen LogP contribution in [0.15, 0.2) is 18.2 Å². The molecule has 16 heavy (non-hydrogen) atoms. The second-order valence-electron chi connectivity index (χ2n) is 3.56. The highest BCUT2D eigenvalue weighted by Gasteiger charge is 2.33. The molecular formula is C9H8BF6-. The summed E-state index contributed by atoms with van der Waals surface area (Å²) < 4.78 is 73.3. The number of hydrogen-bond acceptors (Lipinski definition) is 0. The van der Waals surface area contributed by atoms with Gasteiger partial charge in [0.05, 0.1) is 5.56 Å². The third-order valence-corrected chi connectivity index (χ3v) is 2.07. The first-order chi connectivity index (χ1) is 7.09. The Balaban J connectivity index is 3.09. The van der Waals surface area contributed by atoms with E-state index >= 15 is 0 Å². The summed E-state index contributed by atoms with van der Waals surface area (Å²) in [7, 11) is 0. The minimum atomic E-state index is -5.12. The summed E-state index contributed by atoms with van der Waals surface area (Å²) in [5, 5.41) is 0. The maximum absolute atomic E-state index is 12.4. The Bertz CT molecular complexity index is 379. The lowest BCUT2D eigenvalue weighted by Crippen LogP contribution is -2.20. The molecule has 0 fully saturated rings.